The number of ether oxygens (including phenoxy) is 1. The number of rotatable bonds is 7. The lowest BCUT2D eigenvalue weighted by Gasteiger charge is -2.19. The van der Waals surface area contributed by atoms with E-state index in [1.165, 1.54) is 12.1 Å². The van der Waals surface area contributed by atoms with Gasteiger partial charge in [0.1, 0.15) is 5.75 Å². The molecule has 5 nitrogen and oxygen atoms in total. The van der Waals surface area contributed by atoms with Crippen LogP contribution in [0.2, 0.25) is 0 Å². The van der Waals surface area contributed by atoms with Gasteiger partial charge in [-0.05, 0) is 48.0 Å². The molecule has 0 bridgehead atoms. The van der Waals surface area contributed by atoms with Crippen LogP contribution in [-0.4, -0.2) is 29.5 Å². The van der Waals surface area contributed by atoms with Gasteiger partial charge < -0.3 is 15.0 Å². The molecule has 0 fully saturated rings. The number of hydrogen-bond donors (Lipinski definition) is 1. The fourth-order valence-electron chi connectivity index (χ4n) is 2.70. The normalized spacial score (nSPS) is 10.6. The highest BCUT2D eigenvalue weighted by Gasteiger charge is 2.16. The topological polar surface area (TPSA) is 54.5 Å². The first-order valence-electron chi connectivity index (χ1n) is 8.58. The van der Waals surface area contributed by atoms with Crippen molar-refractivity contribution in [1.29, 1.82) is 0 Å². The number of benzene rings is 2. The molecule has 28 heavy (non-hydrogen) atoms. The minimum absolute atomic E-state index is 0.0705. The molecule has 1 heterocycles. The Hall–Kier alpha value is -3.48. The Balaban J connectivity index is 1.74. The van der Waals surface area contributed by atoms with Crippen LogP contribution in [0.15, 0.2) is 73.1 Å². The maximum atomic E-state index is 12.9. The first-order valence-corrected chi connectivity index (χ1v) is 8.58. The Kier molecular flexibility index (Phi) is 6.16. The minimum Gasteiger partial charge on any atom is -0.435 e. The maximum Gasteiger partial charge on any atom is 0.387 e. The number of pyridine rings is 1. The van der Waals surface area contributed by atoms with Crippen LogP contribution in [0.3, 0.4) is 0 Å². The van der Waals surface area contributed by atoms with E-state index in [2.05, 4.69) is 15.0 Å². The molecule has 0 aliphatic carbocycles. The summed E-state index contributed by atoms with van der Waals surface area (Å²) in [7, 11) is 1.72. The van der Waals surface area contributed by atoms with Gasteiger partial charge in [0.05, 0.1) is 11.3 Å². The average molecular weight is 383 g/mol. The predicted octanol–water partition coefficient (Wildman–Crippen LogP) is 4.70. The molecule has 3 aromatic rings. The maximum absolute atomic E-state index is 12.9. The van der Waals surface area contributed by atoms with Gasteiger partial charge in [0, 0.05) is 31.7 Å². The first kappa shape index (κ1) is 19.3. The smallest absolute Gasteiger partial charge is 0.387 e. The zero-order chi connectivity index (χ0) is 19.9. The molecule has 7 heteroatoms. The standard InChI is InChI=1S/C21H19F2N3O2/c1-26(14-15-5-4-12-24-13-15)20(27)18-6-2-3-7-19(18)25-16-8-10-17(11-9-16)28-21(22)23/h2-13,21,25H,14H2,1H3. The molecule has 1 aromatic heterocycles. The Morgan fingerprint density at radius 2 is 1.86 bits per heavy atom. The van der Waals surface area contributed by atoms with Gasteiger partial charge in [-0.3, -0.25) is 9.78 Å². The second-order valence-corrected chi connectivity index (χ2v) is 6.10. The van der Waals surface area contributed by atoms with E-state index < -0.39 is 6.61 Å². The van der Waals surface area contributed by atoms with Crippen molar-refractivity contribution in [3.63, 3.8) is 0 Å². The summed E-state index contributed by atoms with van der Waals surface area (Å²) in [6.45, 7) is -2.44. The Morgan fingerprint density at radius 3 is 2.54 bits per heavy atom. The fourth-order valence-corrected chi connectivity index (χ4v) is 2.70. The average Bonchev–Trinajstić information content (AvgIpc) is 2.70. The molecule has 0 atom stereocenters. The molecule has 1 amide bonds. The highest BCUT2D eigenvalue weighted by molar-refractivity contribution is 6.00. The number of para-hydroxylation sites is 1. The summed E-state index contributed by atoms with van der Waals surface area (Å²) in [5, 5.41) is 3.15. The molecule has 0 radical (unpaired) electrons. The van der Waals surface area contributed by atoms with Crippen molar-refractivity contribution in [3.05, 3.63) is 84.2 Å². The van der Waals surface area contributed by atoms with E-state index in [4.69, 9.17) is 0 Å². The van der Waals surface area contributed by atoms with E-state index in [1.807, 2.05) is 18.2 Å². The molecule has 0 spiro atoms. The van der Waals surface area contributed by atoms with Crippen molar-refractivity contribution in [2.75, 3.05) is 12.4 Å². The summed E-state index contributed by atoms with van der Waals surface area (Å²) >= 11 is 0. The molecule has 0 aliphatic rings. The number of anilines is 2. The van der Waals surface area contributed by atoms with E-state index >= 15 is 0 Å². The van der Waals surface area contributed by atoms with Crippen LogP contribution in [0.25, 0.3) is 0 Å². The molecule has 0 unspecified atom stereocenters. The van der Waals surface area contributed by atoms with Gasteiger partial charge in [0.2, 0.25) is 0 Å². The van der Waals surface area contributed by atoms with Gasteiger partial charge in [0.15, 0.2) is 0 Å². The molecule has 1 N–H and O–H groups in total. The number of amides is 1. The van der Waals surface area contributed by atoms with Crippen molar-refractivity contribution < 1.29 is 18.3 Å². The summed E-state index contributed by atoms with van der Waals surface area (Å²) in [4.78, 5) is 18.6. The third kappa shape index (κ3) is 5.03. The lowest BCUT2D eigenvalue weighted by atomic mass is 10.1. The van der Waals surface area contributed by atoms with E-state index in [1.54, 1.807) is 54.7 Å². The van der Waals surface area contributed by atoms with E-state index in [0.29, 0.717) is 23.5 Å². The summed E-state index contributed by atoms with van der Waals surface area (Å²) in [6, 6.07) is 16.9. The number of aromatic nitrogens is 1. The minimum atomic E-state index is -2.87. The number of carbonyl (C=O) groups excluding carboxylic acids is 1. The lowest BCUT2D eigenvalue weighted by molar-refractivity contribution is -0.0498. The molecule has 3 rings (SSSR count). The van der Waals surface area contributed by atoms with Gasteiger partial charge in [-0.2, -0.15) is 8.78 Å². The van der Waals surface area contributed by atoms with Crippen LogP contribution in [0.1, 0.15) is 15.9 Å². The van der Waals surface area contributed by atoms with E-state index in [0.717, 1.165) is 5.56 Å². The number of nitrogens with zero attached hydrogens (tertiary/aromatic N) is 2. The predicted molar refractivity (Wildman–Crippen MR) is 103 cm³/mol. The van der Waals surface area contributed by atoms with Crippen LogP contribution in [0, 0.1) is 0 Å². The molecule has 144 valence electrons. The van der Waals surface area contributed by atoms with Gasteiger partial charge >= 0.3 is 6.61 Å². The van der Waals surface area contributed by atoms with Gasteiger partial charge in [-0.25, -0.2) is 0 Å². The Labute approximate surface area is 161 Å². The molecular formula is C21H19F2N3O2. The van der Waals surface area contributed by atoms with Crippen molar-refractivity contribution in [1.82, 2.24) is 9.88 Å². The third-order valence-corrected chi connectivity index (χ3v) is 4.01. The summed E-state index contributed by atoms with van der Waals surface area (Å²) < 4.78 is 28.9. The highest BCUT2D eigenvalue weighted by Crippen LogP contribution is 2.24. The summed E-state index contributed by atoms with van der Waals surface area (Å²) in [5.41, 5.74) is 2.70. The second kappa shape index (κ2) is 8.94. The molecule has 2 aromatic carbocycles. The van der Waals surface area contributed by atoms with Crippen LogP contribution >= 0.6 is 0 Å². The Morgan fingerprint density at radius 1 is 1.11 bits per heavy atom. The quantitative estimate of drug-likeness (QED) is 0.643. The van der Waals surface area contributed by atoms with Crippen molar-refractivity contribution in [2.45, 2.75) is 13.2 Å². The van der Waals surface area contributed by atoms with E-state index in [9.17, 15) is 13.6 Å². The van der Waals surface area contributed by atoms with Crippen molar-refractivity contribution in [2.24, 2.45) is 0 Å². The van der Waals surface area contributed by atoms with Crippen molar-refractivity contribution >= 4 is 17.3 Å². The van der Waals surface area contributed by atoms with Crippen LogP contribution in [-0.2, 0) is 6.54 Å². The van der Waals surface area contributed by atoms with Gasteiger partial charge in [0.25, 0.3) is 5.91 Å². The molecule has 0 saturated heterocycles. The zero-order valence-electron chi connectivity index (χ0n) is 15.2. The van der Waals surface area contributed by atoms with Crippen LogP contribution in [0.5, 0.6) is 5.75 Å². The zero-order valence-corrected chi connectivity index (χ0v) is 15.2. The first-order chi connectivity index (χ1) is 13.5. The number of nitrogens with one attached hydrogen (secondary N) is 1. The van der Waals surface area contributed by atoms with Gasteiger partial charge in [-0.1, -0.05) is 18.2 Å². The largest absolute Gasteiger partial charge is 0.435 e. The Bertz CT molecular complexity index is 918. The molecule has 0 aliphatic heterocycles. The van der Waals surface area contributed by atoms with Crippen LogP contribution < -0.4 is 10.1 Å². The fraction of sp³-hybridized carbons (Fsp3) is 0.143. The number of halogens is 2. The number of carbonyl (C=O) groups is 1. The number of hydrogen-bond acceptors (Lipinski definition) is 4. The molecule has 0 saturated carbocycles. The molecular weight excluding hydrogens is 364 g/mol. The van der Waals surface area contributed by atoms with Gasteiger partial charge in [-0.15, -0.1) is 0 Å². The lowest BCUT2D eigenvalue weighted by Crippen LogP contribution is -2.26. The SMILES string of the molecule is CN(Cc1cccnc1)C(=O)c1ccccc1Nc1ccc(OC(F)F)cc1. The summed E-state index contributed by atoms with van der Waals surface area (Å²) in [6.07, 6.45) is 3.40. The summed E-state index contributed by atoms with van der Waals surface area (Å²) in [5.74, 6) is -0.0780. The van der Waals surface area contributed by atoms with Crippen LogP contribution in [0.4, 0.5) is 20.2 Å². The van der Waals surface area contributed by atoms with E-state index in [-0.39, 0.29) is 11.7 Å². The second-order valence-electron chi connectivity index (χ2n) is 6.10. The highest BCUT2D eigenvalue weighted by atomic mass is 19.3. The number of alkyl halides is 2. The van der Waals surface area contributed by atoms with Crippen molar-refractivity contribution in [3.8, 4) is 5.75 Å². The monoisotopic (exact) mass is 383 g/mol. The third-order valence-electron chi connectivity index (χ3n) is 4.01.